The van der Waals surface area contributed by atoms with Crippen LogP contribution in [0, 0.1) is 0 Å². The first kappa shape index (κ1) is 31.8. The number of carbonyl (C=O) groups excluding carboxylic acids is 1. The van der Waals surface area contributed by atoms with E-state index < -0.39 is 6.10 Å². The van der Waals surface area contributed by atoms with Crippen LogP contribution in [0.3, 0.4) is 0 Å². The Morgan fingerprint density at radius 1 is 0.686 bits per heavy atom. The van der Waals surface area contributed by atoms with Gasteiger partial charge in [-0.2, -0.15) is 0 Å². The molecule has 1 aromatic rings. The molecule has 0 radical (unpaired) electrons. The molecule has 0 aliphatic rings. The van der Waals surface area contributed by atoms with Gasteiger partial charge in [0.1, 0.15) is 12.4 Å². The Kier molecular flexibility index (Phi) is 21.1. The van der Waals surface area contributed by atoms with Gasteiger partial charge in [0.15, 0.2) is 5.82 Å². The van der Waals surface area contributed by atoms with Crippen molar-refractivity contribution >= 4 is 5.91 Å². The molecule has 0 saturated carbocycles. The lowest BCUT2D eigenvalue weighted by atomic mass is 10.0. The number of carbonyl (C=O) groups is 1. The Bertz CT molecular complexity index is 602. The number of nitrogens with zero attached hydrogens (tertiary/aromatic N) is 3. The van der Waals surface area contributed by atoms with Crippen LogP contribution in [0.5, 0.6) is 0 Å². The highest BCUT2D eigenvalue weighted by atomic mass is 16.3. The maximum absolute atomic E-state index is 12.6. The van der Waals surface area contributed by atoms with E-state index in [1.54, 1.807) is 0 Å². The fourth-order valence-electron chi connectivity index (χ4n) is 4.86. The molecular weight excluding hydrogens is 434 g/mol. The molecule has 0 aliphatic carbocycles. The second-order valence-electron chi connectivity index (χ2n) is 10.6. The van der Waals surface area contributed by atoms with Crippen molar-refractivity contribution in [1.82, 2.24) is 14.8 Å². The van der Waals surface area contributed by atoms with Crippen LogP contribution < -0.4 is 0 Å². The maximum Gasteiger partial charge on any atom is 0.233 e. The third-order valence-electron chi connectivity index (χ3n) is 7.22. The van der Waals surface area contributed by atoms with Gasteiger partial charge in [0.25, 0.3) is 0 Å². The zero-order valence-corrected chi connectivity index (χ0v) is 23.3. The SMILES string of the molecule is CCCCCCCCCCCCCCCC(O)c1nncn1C(=O)CCCCCCCCCCC. The fraction of sp³-hybridized carbons (Fsp3) is 0.900. The molecule has 1 unspecified atom stereocenters. The van der Waals surface area contributed by atoms with Crippen molar-refractivity contribution in [3.05, 3.63) is 12.2 Å². The quantitative estimate of drug-likeness (QED) is 0.138. The molecule has 204 valence electrons. The standard InChI is InChI=1S/C30H57N3O2/c1-3-5-7-9-11-13-14-15-16-18-19-21-23-25-28(34)30-32-31-27-33(30)29(35)26-24-22-20-17-12-10-8-6-4-2/h27-28,34H,3-26H2,1-2H3. The van der Waals surface area contributed by atoms with Gasteiger partial charge in [-0.25, -0.2) is 0 Å². The summed E-state index contributed by atoms with van der Waals surface area (Å²) in [5.41, 5.74) is 0. The number of rotatable bonds is 25. The van der Waals surface area contributed by atoms with Crippen molar-refractivity contribution in [3.63, 3.8) is 0 Å². The fourth-order valence-corrected chi connectivity index (χ4v) is 4.86. The van der Waals surface area contributed by atoms with Gasteiger partial charge in [-0.3, -0.25) is 9.36 Å². The zero-order valence-electron chi connectivity index (χ0n) is 23.3. The van der Waals surface area contributed by atoms with Gasteiger partial charge in [0, 0.05) is 6.42 Å². The molecule has 0 bridgehead atoms. The van der Waals surface area contributed by atoms with Crippen LogP contribution in [0.4, 0.5) is 0 Å². The number of unbranched alkanes of at least 4 members (excludes halogenated alkanes) is 20. The molecule has 1 heterocycles. The van der Waals surface area contributed by atoms with E-state index in [-0.39, 0.29) is 5.91 Å². The van der Waals surface area contributed by atoms with Crippen LogP contribution in [-0.2, 0) is 0 Å². The predicted molar refractivity (Wildman–Crippen MR) is 148 cm³/mol. The van der Waals surface area contributed by atoms with Crippen molar-refractivity contribution in [1.29, 1.82) is 0 Å². The van der Waals surface area contributed by atoms with E-state index in [0.29, 0.717) is 18.7 Å². The summed E-state index contributed by atoms with van der Waals surface area (Å²) in [6, 6.07) is 0. The molecule has 1 atom stereocenters. The zero-order chi connectivity index (χ0) is 25.4. The summed E-state index contributed by atoms with van der Waals surface area (Å²) in [6.45, 7) is 4.52. The van der Waals surface area contributed by atoms with E-state index >= 15 is 0 Å². The van der Waals surface area contributed by atoms with Crippen LogP contribution in [0.25, 0.3) is 0 Å². The van der Waals surface area contributed by atoms with Gasteiger partial charge in [0.05, 0.1) is 0 Å². The molecule has 35 heavy (non-hydrogen) atoms. The summed E-state index contributed by atoms with van der Waals surface area (Å²) in [7, 11) is 0. The first-order valence-electron chi connectivity index (χ1n) is 15.3. The number of aromatic nitrogens is 3. The largest absolute Gasteiger partial charge is 0.385 e. The summed E-state index contributed by atoms with van der Waals surface area (Å²) in [6.07, 6.45) is 30.1. The Morgan fingerprint density at radius 3 is 1.54 bits per heavy atom. The third-order valence-corrected chi connectivity index (χ3v) is 7.22. The maximum atomic E-state index is 12.6. The van der Waals surface area contributed by atoms with Gasteiger partial charge in [-0.05, 0) is 12.8 Å². The number of hydrogen-bond acceptors (Lipinski definition) is 4. The van der Waals surface area contributed by atoms with Crippen LogP contribution in [0.15, 0.2) is 6.33 Å². The summed E-state index contributed by atoms with van der Waals surface area (Å²) >= 11 is 0. The van der Waals surface area contributed by atoms with Gasteiger partial charge in [-0.15, -0.1) is 10.2 Å². The molecule has 0 aliphatic heterocycles. The first-order chi connectivity index (χ1) is 17.2. The van der Waals surface area contributed by atoms with Gasteiger partial charge < -0.3 is 5.11 Å². The molecule has 5 heteroatoms. The highest BCUT2D eigenvalue weighted by Gasteiger charge is 2.18. The van der Waals surface area contributed by atoms with Crippen molar-refractivity contribution in [2.24, 2.45) is 0 Å². The van der Waals surface area contributed by atoms with Crippen LogP contribution in [-0.4, -0.2) is 25.8 Å². The first-order valence-corrected chi connectivity index (χ1v) is 15.3. The molecular formula is C30H57N3O2. The van der Waals surface area contributed by atoms with Crippen LogP contribution >= 0.6 is 0 Å². The van der Waals surface area contributed by atoms with E-state index in [1.807, 2.05) is 0 Å². The van der Waals surface area contributed by atoms with Crippen molar-refractivity contribution in [2.75, 3.05) is 0 Å². The third kappa shape index (κ3) is 17.0. The molecule has 1 rings (SSSR count). The Morgan fingerprint density at radius 2 is 1.09 bits per heavy atom. The van der Waals surface area contributed by atoms with Crippen LogP contribution in [0.2, 0.25) is 0 Å². The number of hydrogen-bond donors (Lipinski definition) is 1. The summed E-state index contributed by atoms with van der Waals surface area (Å²) in [4.78, 5) is 12.6. The van der Waals surface area contributed by atoms with E-state index in [9.17, 15) is 9.90 Å². The minimum atomic E-state index is -0.697. The van der Waals surface area contributed by atoms with E-state index in [2.05, 4.69) is 24.0 Å². The van der Waals surface area contributed by atoms with E-state index in [0.717, 1.165) is 25.7 Å². The molecule has 0 amide bonds. The minimum Gasteiger partial charge on any atom is -0.385 e. The Balaban J connectivity index is 2.05. The smallest absolute Gasteiger partial charge is 0.233 e. The van der Waals surface area contributed by atoms with E-state index in [1.165, 1.54) is 126 Å². The molecule has 5 nitrogen and oxygen atoms in total. The van der Waals surface area contributed by atoms with Crippen molar-refractivity contribution < 1.29 is 9.90 Å². The lowest BCUT2D eigenvalue weighted by Crippen LogP contribution is -2.16. The summed E-state index contributed by atoms with van der Waals surface area (Å²) in [5, 5.41) is 18.5. The molecule has 1 N–H and O–H groups in total. The Labute approximate surface area is 216 Å². The minimum absolute atomic E-state index is 0.0114. The molecule has 1 aromatic heterocycles. The second kappa shape index (κ2) is 23.2. The number of aliphatic hydroxyl groups excluding tert-OH is 1. The van der Waals surface area contributed by atoms with E-state index in [4.69, 9.17) is 0 Å². The number of aliphatic hydroxyl groups is 1. The monoisotopic (exact) mass is 491 g/mol. The average Bonchev–Trinajstić information content (AvgIpc) is 3.36. The lowest BCUT2D eigenvalue weighted by molar-refractivity contribution is 0.0867. The van der Waals surface area contributed by atoms with Crippen molar-refractivity contribution in [2.45, 2.75) is 174 Å². The topological polar surface area (TPSA) is 68.0 Å². The summed E-state index contributed by atoms with van der Waals surface area (Å²) in [5.74, 6) is 0.433. The van der Waals surface area contributed by atoms with Gasteiger partial charge in [0.2, 0.25) is 5.91 Å². The lowest BCUT2D eigenvalue weighted by Gasteiger charge is -2.11. The summed E-state index contributed by atoms with van der Waals surface area (Å²) < 4.78 is 1.48. The highest BCUT2D eigenvalue weighted by molar-refractivity contribution is 5.79. The molecule has 0 aromatic carbocycles. The predicted octanol–water partition coefficient (Wildman–Crippen LogP) is 9.35. The van der Waals surface area contributed by atoms with Crippen LogP contribution in [0.1, 0.15) is 185 Å². The highest BCUT2D eigenvalue weighted by Crippen LogP contribution is 2.20. The molecule has 0 fully saturated rings. The molecule has 0 saturated heterocycles. The Hall–Kier alpha value is -1.23. The van der Waals surface area contributed by atoms with Gasteiger partial charge >= 0.3 is 0 Å². The average molecular weight is 492 g/mol. The second-order valence-corrected chi connectivity index (χ2v) is 10.6. The molecule has 0 spiro atoms. The van der Waals surface area contributed by atoms with Crippen molar-refractivity contribution in [3.8, 4) is 0 Å². The van der Waals surface area contributed by atoms with Gasteiger partial charge in [-0.1, -0.05) is 149 Å². The normalized spacial score (nSPS) is 12.3.